The molecule has 1 saturated carbocycles. The average Bonchev–Trinajstić information content (AvgIpc) is 2.33. The van der Waals surface area contributed by atoms with Gasteiger partial charge in [-0.2, -0.15) is 0 Å². The highest BCUT2D eigenvalue weighted by atomic mass is 14.9. The van der Waals surface area contributed by atoms with Gasteiger partial charge in [-0.05, 0) is 39.7 Å². The zero-order valence-corrected chi connectivity index (χ0v) is 12.1. The summed E-state index contributed by atoms with van der Waals surface area (Å²) in [6.07, 6.45) is 5.21. The van der Waals surface area contributed by atoms with E-state index in [1.54, 1.807) is 0 Å². The SMILES string of the molecule is CNCc1c(C)nc(C2CCCC(C)C2)nc1C. The highest BCUT2D eigenvalue weighted by Crippen LogP contribution is 2.34. The zero-order chi connectivity index (χ0) is 13.1. The van der Waals surface area contributed by atoms with Crippen molar-refractivity contribution in [1.29, 1.82) is 0 Å². The van der Waals surface area contributed by atoms with Crippen molar-refractivity contribution in [2.24, 2.45) is 5.92 Å². The van der Waals surface area contributed by atoms with E-state index in [2.05, 4.69) is 26.1 Å². The molecule has 1 aliphatic rings. The molecule has 3 heteroatoms. The molecule has 1 aliphatic carbocycles. The van der Waals surface area contributed by atoms with E-state index < -0.39 is 0 Å². The summed E-state index contributed by atoms with van der Waals surface area (Å²) in [5.41, 5.74) is 3.54. The highest BCUT2D eigenvalue weighted by Gasteiger charge is 2.23. The van der Waals surface area contributed by atoms with Crippen LogP contribution in [0.1, 0.15) is 61.3 Å². The van der Waals surface area contributed by atoms with E-state index in [4.69, 9.17) is 9.97 Å². The molecule has 0 aromatic carbocycles. The predicted molar refractivity (Wildman–Crippen MR) is 74.6 cm³/mol. The Balaban J connectivity index is 2.24. The van der Waals surface area contributed by atoms with E-state index in [-0.39, 0.29) is 0 Å². The Bertz CT molecular complexity index is 391. The van der Waals surface area contributed by atoms with Crippen LogP contribution in [-0.2, 0) is 6.54 Å². The molecule has 1 aromatic rings. The van der Waals surface area contributed by atoms with E-state index in [1.165, 1.54) is 31.2 Å². The van der Waals surface area contributed by atoms with Crippen LogP contribution in [0.25, 0.3) is 0 Å². The van der Waals surface area contributed by atoms with E-state index in [9.17, 15) is 0 Å². The molecule has 1 aromatic heterocycles. The fourth-order valence-corrected chi connectivity index (χ4v) is 3.05. The summed E-state index contributed by atoms with van der Waals surface area (Å²) < 4.78 is 0. The number of hydrogen-bond donors (Lipinski definition) is 1. The van der Waals surface area contributed by atoms with Gasteiger partial charge in [0, 0.05) is 29.4 Å². The molecule has 18 heavy (non-hydrogen) atoms. The van der Waals surface area contributed by atoms with Gasteiger partial charge in [-0.3, -0.25) is 0 Å². The smallest absolute Gasteiger partial charge is 0.131 e. The van der Waals surface area contributed by atoms with Gasteiger partial charge >= 0.3 is 0 Å². The van der Waals surface area contributed by atoms with Crippen LogP contribution in [0.4, 0.5) is 0 Å². The van der Waals surface area contributed by atoms with Crippen LogP contribution in [-0.4, -0.2) is 17.0 Å². The summed E-state index contributed by atoms with van der Waals surface area (Å²) in [6.45, 7) is 7.43. The maximum absolute atomic E-state index is 4.76. The summed E-state index contributed by atoms with van der Waals surface area (Å²) in [5, 5.41) is 3.19. The van der Waals surface area contributed by atoms with E-state index >= 15 is 0 Å². The van der Waals surface area contributed by atoms with Gasteiger partial charge in [0.25, 0.3) is 0 Å². The summed E-state index contributed by atoms with van der Waals surface area (Å²) in [6, 6.07) is 0. The van der Waals surface area contributed by atoms with Crippen LogP contribution >= 0.6 is 0 Å². The molecular weight excluding hydrogens is 222 g/mol. The average molecular weight is 247 g/mol. The Morgan fingerprint density at radius 1 is 1.17 bits per heavy atom. The lowest BCUT2D eigenvalue weighted by Gasteiger charge is -2.26. The Kier molecular flexibility index (Phi) is 4.33. The van der Waals surface area contributed by atoms with Gasteiger partial charge < -0.3 is 5.32 Å². The molecule has 0 spiro atoms. The van der Waals surface area contributed by atoms with Crippen molar-refractivity contribution in [1.82, 2.24) is 15.3 Å². The van der Waals surface area contributed by atoms with Gasteiger partial charge in [-0.1, -0.05) is 19.8 Å². The van der Waals surface area contributed by atoms with Gasteiger partial charge in [0.1, 0.15) is 5.82 Å². The van der Waals surface area contributed by atoms with Crippen molar-refractivity contribution in [2.45, 2.75) is 58.9 Å². The standard InChI is InChI=1S/C15H25N3/c1-10-6-5-7-13(8-10)15-17-11(2)14(9-16-4)12(3)18-15/h10,13,16H,5-9H2,1-4H3. The molecule has 1 N–H and O–H groups in total. The van der Waals surface area contributed by atoms with Crippen LogP contribution in [0.15, 0.2) is 0 Å². The molecule has 0 bridgehead atoms. The normalized spacial score (nSPS) is 24.2. The number of hydrogen-bond acceptors (Lipinski definition) is 3. The second-order valence-electron chi connectivity index (χ2n) is 5.73. The molecule has 0 saturated heterocycles. The maximum atomic E-state index is 4.76. The minimum absolute atomic E-state index is 0.579. The zero-order valence-electron chi connectivity index (χ0n) is 12.1. The fraction of sp³-hybridized carbons (Fsp3) is 0.733. The second kappa shape index (κ2) is 5.79. The number of aromatic nitrogens is 2. The van der Waals surface area contributed by atoms with Crippen LogP contribution in [0.5, 0.6) is 0 Å². The lowest BCUT2D eigenvalue weighted by molar-refractivity contribution is 0.334. The maximum Gasteiger partial charge on any atom is 0.131 e. The van der Waals surface area contributed by atoms with Crippen molar-refractivity contribution >= 4 is 0 Å². The summed E-state index contributed by atoms with van der Waals surface area (Å²) >= 11 is 0. The Morgan fingerprint density at radius 2 is 1.83 bits per heavy atom. The van der Waals surface area contributed by atoms with Crippen LogP contribution in [0.2, 0.25) is 0 Å². The van der Waals surface area contributed by atoms with Crippen molar-refractivity contribution in [3.05, 3.63) is 22.8 Å². The van der Waals surface area contributed by atoms with E-state index in [0.717, 1.165) is 29.7 Å². The lowest BCUT2D eigenvalue weighted by atomic mass is 9.82. The molecule has 2 rings (SSSR count). The molecule has 100 valence electrons. The molecule has 1 heterocycles. The minimum Gasteiger partial charge on any atom is -0.316 e. The van der Waals surface area contributed by atoms with Crippen molar-refractivity contribution in [3.63, 3.8) is 0 Å². The first kappa shape index (κ1) is 13.5. The van der Waals surface area contributed by atoms with Crippen LogP contribution < -0.4 is 5.32 Å². The van der Waals surface area contributed by atoms with Crippen molar-refractivity contribution in [2.75, 3.05) is 7.05 Å². The van der Waals surface area contributed by atoms with Gasteiger partial charge in [-0.25, -0.2) is 9.97 Å². The molecular formula is C15H25N3. The minimum atomic E-state index is 0.579. The first-order chi connectivity index (χ1) is 8.61. The molecule has 2 atom stereocenters. The number of nitrogens with one attached hydrogen (secondary N) is 1. The Labute approximate surface area is 110 Å². The van der Waals surface area contributed by atoms with Gasteiger partial charge in [0.15, 0.2) is 0 Å². The number of rotatable bonds is 3. The molecule has 3 nitrogen and oxygen atoms in total. The summed E-state index contributed by atoms with van der Waals surface area (Å²) in [5.74, 6) is 2.48. The van der Waals surface area contributed by atoms with Crippen molar-refractivity contribution < 1.29 is 0 Å². The van der Waals surface area contributed by atoms with Gasteiger partial charge in [-0.15, -0.1) is 0 Å². The van der Waals surface area contributed by atoms with Crippen LogP contribution in [0.3, 0.4) is 0 Å². The monoisotopic (exact) mass is 247 g/mol. The molecule has 2 unspecified atom stereocenters. The first-order valence-corrected chi connectivity index (χ1v) is 7.10. The molecule has 1 fully saturated rings. The fourth-order valence-electron chi connectivity index (χ4n) is 3.05. The molecule has 0 radical (unpaired) electrons. The molecule has 0 amide bonds. The summed E-state index contributed by atoms with van der Waals surface area (Å²) in [4.78, 5) is 9.52. The van der Waals surface area contributed by atoms with E-state index in [1.807, 2.05) is 7.05 Å². The Morgan fingerprint density at radius 3 is 2.39 bits per heavy atom. The highest BCUT2D eigenvalue weighted by molar-refractivity contribution is 5.25. The third-order valence-electron chi connectivity index (χ3n) is 4.09. The van der Waals surface area contributed by atoms with E-state index in [0.29, 0.717) is 5.92 Å². The third-order valence-corrected chi connectivity index (χ3v) is 4.09. The van der Waals surface area contributed by atoms with Gasteiger partial charge in [0.05, 0.1) is 0 Å². The first-order valence-electron chi connectivity index (χ1n) is 7.10. The second-order valence-corrected chi connectivity index (χ2v) is 5.73. The van der Waals surface area contributed by atoms with Crippen LogP contribution in [0, 0.1) is 19.8 Å². The number of nitrogens with zero attached hydrogens (tertiary/aromatic N) is 2. The number of aryl methyl sites for hydroxylation is 2. The topological polar surface area (TPSA) is 37.8 Å². The third kappa shape index (κ3) is 2.89. The quantitative estimate of drug-likeness (QED) is 0.892. The largest absolute Gasteiger partial charge is 0.316 e. The van der Waals surface area contributed by atoms with Gasteiger partial charge in [0.2, 0.25) is 0 Å². The molecule has 0 aliphatic heterocycles. The predicted octanol–water partition coefficient (Wildman–Crippen LogP) is 3.11. The summed E-state index contributed by atoms with van der Waals surface area (Å²) in [7, 11) is 1.97. The lowest BCUT2D eigenvalue weighted by Crippen LogP contribution is -2.17. The van der Waals surface area contributed by atoms with Crippen molar-refractivity contribution in [3.8, 4) is 0 Å². The Hall–Kier alpha value is -0.960.